The average molecular weight is 256 g/mol. The van der Waals surface area contributed by atoms with Gasteiger partial charge in [0, 0.05) is 36.2 Å². The van der Waals surface area contributed by atoms with Crippen LogP contribution in [-0.2, 0) is 20.9 Å². The van der Waals surface area contributed by atoms with E-state index in [2.05, 4.69) is 0 Å². The molecule has 94 valence electrons. The van der Waals surface area contributed by atoms with Gasteiger partial charge < -0.3 is 14.6 Å². The van der Waals surface area contributed by atoms with Gasteiger partial charge in [0.1, 0.15) is 0 Å². The first-order valence-corrected chi connectivity index (χ1v) is 6.10. The molecule has 0 saturated carbocycles. The third kappa shape index (κ3) is 6.21. The lowest BCUT2D eigenvalue weighted by atomic mass is 10.4. The van der Waals surface area contributed by atoms with Crippen LogP contribution in [0.25, 0.3) is 6.08 Å². The van der Waals surface area contributed by atoms with E-state index in [1.54, 1.807) is 13.2 Å². The zero-order chi connectivity index (χ0) is 12.5. The Labute approximate surface area is 104 Å². The number of hydrogen-bond donors (Lipinski definition) is 1. The highest BCUT2D eigenvalue weighted by Crippen LogP contribution is 2.18. The number of thiophene rings is 1. The van der Waals surface area contributed by atoms with Crippen LogP contribution in [0.3, 0.4) is 0 Å². The zero-order valence-electron chi connectivity index (χ0n) is 9.72. The first kappa shape index (κ1) is 13.9. The highest BCUT2D eigenvalue weighted by atomic mass is 32.1. The molecule has 0 saturated heterocycles. The van der Waals surface area contributed by atoms with Crippen LogP contribution in [0.1, 0.15) is 16.2 Å². The van der Waals surface area contributed by atoms with Crippen molar-refractivity contribution in [3.63, 3.8) is 0 Å². The van der Waals surface area contributed by atoms with E-state index in [1.807, 2.05) is 12.1 Å². The first-order valence-electron chi connectivity index (χ1n) is 5.29. The number of ether oxygens (including phenoxy) is 2. The van der Waals surface area contributed by atoms with E-state index in [-0.39, 0.29) is 0 Å². The van der Waals surface area contributed by atoms with Gasteiger partial charge in [-0.2, -0.15) is 0 Å². The molecule has 0 spiro atoms. The Balaban J connectivity index is 2.28. The molecule has 0 bridgehead atoms. The molecule has 0 aliphatic carbocycles. The minimum atomic E-state index is -0.934. The quantitative estimate of drug-likeness (QED) is 0.573. The molecule has 1 aromatic rings. The topological polar surface area (TPSA) is 55.8 Å². The maximum Gasteiger partial charge on any atom is 0.328 e. The van der Waals surface area contributed by atoms with Gasteiger partial charge in [0.25, 0.3) is 0 Å². The lowest BCUT2D eigenvalue weighted by molar-refractivity contribution is -0.131. The van der Waals surface area contributed by atoms with E-state index in [9.17, 15) is 4.79 Å². The van der Waals surface area contributed by atoms with Gasteiger partial charge in [-0.15, -0.1) is 11.3 Å². The molecule has 1 rings (SSSR count). The summed E-state index contributed by atoms with van der Waals surface area (Å²) in [7, 11) is 1.67. The minimum Gasteiger partial charge on any atom is -0.478 e. The monoisotopic (exact) mass is 256 g/mol. The van der Waals surface area contributed by atoms with E-state index in [0.29, 0.717) is 19.8 Å². The van der Waals surface area contributed by atoms with Gasteiger partial charge in [-0.1, -0.05) is 0 Å². The minimum absolute atomic E-state index is 0.565. The van der Waals surface area contributed by atoms with Crippen molar-refractivity contribution in [1.29, 1.82) is 0 Å². The van der Waals surface area contributed by atoms with Crippen LogP contribution >= 0.6 is 11.3 Å². The van der Waals surface area contributed by atoms with Gasteiger partial charge >= 0.3 is 5.97 Å². The predicted octanol–water partition coefficient (Wildman–Crippen LogP) is 2.40. The average Bonchev–Trinajstić information content (AvgIpc) is 2.74. The van der Waals surface area contributed by atoms with Gasteiger partial charge in [0.05, 0.1) is 6.61 Å². The third-order valence-corrected chi connectivity index (χ3v) is 2.98. The van der Waals surface area contributed by atoms with Crippen LogP contribution in [0.4, 0.5) is 0 Å². The summed E-state index contributed by atoms with van der Waals surface area (Å²) in [5.74, 6) is -0.934. The Kier molecular flexibility index (Phi) is 6.54. The fourth-order valence-corrected chi connectivity index (χ4v) is 2.05. The molecule has 1 heterocycles. The summed E-state index contributed by atoms with van der Waals surface area (Å²) in [6.07, 6.45) is 3.60. The molecule has 0 aromatic carbocycles. The van der Waals surface area contributed by atoms with Crippen LogP contribution in [0.5, 0.6) is 0 Å². The molecule has 0 fully saturated rings. The number of carboxylic acids is 1. The van der Waals surface area contributed by atoms with Crippen LogP contribution in [0, 0.1) is 0 Å². The van der Waals surface area contributed by atoms with Gasteiger partial charge in [0.15, 0.2) is 0 Å². The molecule has 0 amide bonds. The summed E-state index contributed by atoms with van der Waals surface area (Å²) in [4.78, 5) is 12.3. The maximum atomic E-state index is 10.3. The summed E-state index contributed by atoms with van der Waals surface area (Å²) in [5, 5.41) is 8.49. The zero-order valence-corrected chi connectivity index (χ0v) is 10.5. The Morgan fingerprint density at radius 3 is 3.00 bits per heavy atom. The smallest absolute Gasteiger partial charge is 0.328 e. The summed E-state index contributed by atoms with van der Waals surface area (Å²) < 4.78 is 10.4. The molecule has 0 aliphatic rings. The number of carboxylic acid groups (broad SMARTS) is 1. The first-order chi connectivity index (χ1) is 8.22. The highest BCUT2D eigenvalue weighted by molar-refractivity contribution is 7.12. The Bertz CT molecular complexity index is 370. The summed E-state index contributed by atoms with van der Waals surface area (Å²) in [6, 6.07) is 3.83. The lowest BCUT2D eigenvalue weighted by Crippen LogP contribution is -1.98. The molecular formula is C12H16O4S. The van der Waals surface area contributed by atoms with Crippen molar-refractivity contribution in [3.05, 3.63) is 28.0 Å². The Morgan fingerprint density at radius 1 is 1.47 bits per heavy atom. The van der Waals surface area contributed by atoms with Crippen LogP contribution < -0.4 is 0 Å². The molecule has 0 atom stereocenters. The molecule has 4 nitrogen and oxygen atoms in total. The summed E-state index contributed by atoms with van der Waals surface area (Å²) >= 11 is 1.53. The van der Waals surface area contributed by atoms with Gasteiger partial charge in [-0.3, -0.25) is 0 Å². The summed E-state index contributed by atoms with van der Waals surface area (Å²) in [5.41, 5.74) is 0. The Hall–Kier alpha value is -1.17. The van der Waals surface area contributed by atoms with Crippen LogP contribution in [0.15, 0.2) is 18.2 Å². The third-order valence-electron chi connectivity index (χ3n) is 1.95. The second-order valence-electron chi connectivity index (χ2n) is 3.37. The largest absolute Gasteiger partial charge is 0.478 e. The standard InChI is InChI=1S/C12H16O4S/c1-15-7-2-8-16-9-11-4-3-10(17-11)5-6-12(13)14/h3-6H,2,7-9H2,1H3,(H,13,14). The molecule has 17 heavy (non-hydrogen) atoms. The van der Waals surface area contributed by atoms with E-state index in [0.717, 1.165) is 22.3 Å². The van der Waals surface area contributed by atoms with E-state index < -0.39 is 5.97 Å². The normalized spacial score (nSPS) is 11.1. The van der Waals surface area contributed by atoms with E-state index in [1.165, 1.54) is 11.3 Å². The molecule has 5 heteroatoms. The highest BCUT2D eigenvalue weighted by Gasteiger charge is 1.98. The number of carbonyl (C=O) groups is 1. The van der Waals surface area contributed by atoms with Crippen molar-refractivity contribution in [2.45, 2.75) is 13.0 Å². The second kappa shape index (κ2) is 8.00. The summed E-state index contributed by atoms with van der Waals surface area (Å²) in [6.45, 7) is 1.94. The molecule has 1 aromatic heterocycles. The van der Waals surface area contributed by atoms with Gasteiger partial charge in [0.2, 0.25) is 0 Å². The predicted molar refractivity (Wildman–Crippen MR) is 67.1 cm³/mol. The van der Waals surface area contributed by atoms with Gasteiger partial charge in [-0.05, 0) is 24.6 Å². The van der Waals surface area contributed by atoms with Gasteiger partial charge in [-0.25, -0.2) is 4.79 Å². The fraction of sp³-hybridized carbons (Fsp3) is 0.417. The number of hydrogen-bond acceptors (Lipinski definition) is 4. The van der Waals surface area contributed by atoms with Crippen molar-refractivity contribution in [2.75, 3.05) is 20.3 Å². The lowest BCUT2D eigenvalue weighted by Gasteiger charge is -2.01. The van der Waals surface area contributed by atoms with E-state index in [4.69, 9.17) is 14.6 Å². The van der Waals surface area contributed by atoms with Crippen LogP contribution in [-0.4, -0.2) is 31.4 Å². The number of methoxy groups -OCH3 is 1. The number of aliphatic carboxylic acids is 1. The SMILES string of the molecule is COCCCOCc1ccc(C=CC(=O)O)s1. The van der Waals surface area contributed by atoms with Crippen molar-refractivity contribution in [3.8, 4) is 0 Å². The Morgan fingerprint density at radius 2 is 2.29 bits per heavy atom. The molecular weight excluding hydrogens is 240 g/mol. The van der Waals surface area contributed by atoms with Crippen molar-refractivity contribution in [2.24, 2.45) is 0 Å². The van der Waals surface area contributed by atoms with E-state index >= 15 is 0 Å². The second-order valence-corrected chi connectivity index (χ2v) is 4.57. The maximum absolute atomic E-state index is 10.3. The molecule has 0 aliphatic heterocycles. The molecule has 1 N–H and O–H groups in total. The number of rotatable bonds is 8. The van der Waals surface area contributed by atoms with Crippen molar-refractivity contribution < 1.29 is 19.4 Å². The molecule has 0 radical (unpaired) electrons. The fourth-order valence-electron chi connectivity index (χ4n) is 1.19. The van der Waals surface area contributed by atoms with Crippen molar-refractivity contribution in [1.82, 2.24) is 0 Å². The van der Waals surface area contributed by atoms with Crippen LogP contribution in [0.2, 0.25) is 0 Å². The molecule has 0 unspecified atom stereocenters. The van der Waals surface area contributed by atoms with Crippen molar-refractivity contribution >= 4 is 23.4 Å².